The normalized spacial score (nSPS) is 13.3. The van der Waals surface area contributed by atoms with Crippen molar-refractivity contribution in [3.63, 3.8) is 0 Å². The van der Waals surface area contributed by atoms with Crippen molar-refractivity contribution in [1.29, 1.82) is 0 Å². The first kappa shape index (κ1) is 22.4. The lowest BCUT2D eigenvalue weighted by molar-refractivity contribution is 0.0725. The Morgan fingerprint density at radius 3 is 2.03 bits per heavy atom. The van der Waals surface area contributed by atoms with E-state index in [1.54, 1.807) is 24.3 Å². The zero-order chi connectivity index (χ0) is 23.2. The van der Waals surface area contributed by atoms with Crippen LogP contribution in [0.2, 0.25) is 0 Å². The molecule has 1 aliphatic heterocycles. The third-order valence-corrected chi connectivity index (χ3v) is 5.90. The van der Waals surface area contributed by atoms with Crippen molar-refractivity contribution < 1.29 is 19.1 Å². The van der Waals surface area contributed by atoms with Gasteiger partial charge in [-0.1, -0.05) is 42.5 Å². The molecule has 0 radical (unpaired) electrons. The minimum atomic E-state index is -0.297. The third-order valence-electron chi connectivity index (χ3n) is 5.90. The summed E-state index contributed by atoms with van der Waals surface area (Å²) in [7, 11) is 3.05. The number of nitrogens with one attached hydrogen (secondary N) is 1. The number of carbonyl (C=O) groups excluding carboxylic acids is 2. The average Bonchev–Trinajstić information content (AvgIpc) is 2.89. The van der Waals surface area contributed by atoms with Gasteiger partial charge < -0.3 is 19.7 Å². The predicted molar refractivity (Wildman–Crippen MR) is 129 cm³/mol. The maximum atomic E-state index is 13.3. The molecular weight excluding hydrogens is 416 g/mol. The molecule has 1 aliphatic rings. The fraction of sp³-hybridized carbons (Fsp3) is 0.259. The summed E-state index contributed by atoms with van der Waals surface area (Å²) < 4.78 is 10.8. The Labute approximate surface area is 194 Å². The van der Waals surface area contributed by atoms with Gasteiger partial charge in [0.15, 0.2) is 11.5 Å². The minimum absolute atomic E-state index is 0.120. The number of hydrogen-bond donors (Lipinski definition) is 1. The Balaban J connectivity index is 1.61. The second-order valence-corrected chi connectivity index (χ2v) is 8.00. The molecule has 0 aliphatic carbocycles. The topological polar surface area (TPSA) is 67.9 Å². The maximum absolute atomic E-state index is 13.3. The van der Waals surface area contributed by atoms with E-state index in [1.165, 1.54) is 14.2 Å². The van der Waals surface area contributed by atoms with Crippen molar-refractivity contribution in [2.45, 2.75) is 19.3 Å². The first-order chi connectivity index (χ1) is 16.1. The third kappa shape index (κ3) is 5.00. The van der Waals surface area contributed by atoms with Crippen LogP contribution in [-0.2, 0) is 0 Å². The van der Waals surface area contributed by atoms with Gasteiger partial charge in [0.2, 0.25) is 0 Å². The van der Waals surface area contributed by atoms with Crippen LogP contribution in [0.1, 0.15) is 40.0 Å². The van der Waals surface area contributed by atoms with Gasteiger partial charge in [-0.3, -0.25) is 9.59 Å². The number of rotatable bonds is 6. The largest absolute Gasteiger partial charge is 0.493 e. The number of nitrogens with zero attached hydrogens (tertiary/aromatic N) is 1. The fourth-order valence-electron chi connectivity index (χ4n) is 4.07. The van der Waals surface area contributed by atoms with E-state index < -0.39 is 0 Å². The second-order valence-electron chi connectivity index (χ2n) is 8.00. The van der Waals surface area contributed by atoms with Crippen molar-refractivity contribution in [1.82, 2.24) is 4.90 Å². The first-order valence-corrected chi connectivity index (χ1v) is 11.1. The molecule has 1 N–H and O–H groups in total. The zero-order valence-corrected chi connectivity index (χ0v) is 19.0. The number of likely N-dealkylation sites (tertiary alicyclic amines) is 1. The van der Waals surface area contributed by atoms with Gasteiger partial charge >= 0.3 is 0 Å². The highest BCUT2D eigenvalue weighted by molar-refractivity contribution is 6.09. The average molecular weight is 445 g/mol. The molecule has 2 amide bonds. The van der Waals surface area contributed by atoms with Gasteiger partial charge in [-0.25, -0.2) is 0 Å². The molecule has 0 aromatic heterocycles. The maximum Gasteiger partial charge on any atom is 0.256 e. The molecule has 6 heteroatoms. The Kier molecular flexibility index (Phi) is 6.93. The van der Waals surface area contributed by atoms with Gasteiger partial charge in [-0.2, -0.15) is 0 Å². The molecular formula is C27H28N2O4. The molecule has 0 spiro atoms. The van der Waals surface area contributed by atoms with Crippen LogP contribution < -0.4 is 14.8 Å². The molecule has 0 saturated carbocycles. The summed E-state index contributed by atoms with van der Waals surface area (Å²) in [5.74, 6) is 0.477. The number of ether oxygens (including phenoxy) is 2. The molecule has 4 rings (SSSR count). The number of carbonyl (C=O) groups is 2. The van der Waals surface area contributed by atoms with Gasteiger partial charge in [-0.05, 0) is 48.6 Å². The lowest BCUT2D eigenvalue weighted by Gasteiger charge is -2.28. The van der Waals surface area contributed by atoms with E-state index in [2.05, 4.69) is 5.32 Å². The molecule has 33 heavy (non-hydrogen) atoms. The van der Waals surface area contributed by atoms with Crippen LogP contribution in [0.5, 0.6) is 11.5 Å². The Morgan fingerprint density at radius 2 is 1.39 bits per heavy atom. The van der Waals surface area contributed by atoms with E-state index in [4.69, 9.17) is 9.47 Å². The summed E-state index contributed by atoms with van der Waals surface area (Å²) in [6, 6.07) is 20.7. The van der Waals surface area contributed by atoms with Crippen LogP contribution in [0.25, 0.3) is 11.1 Å². The zero-order valence-electron chi connectivity index (χ0n) is 19.0. The highest BCUT2D eigenvalue weighted by Crippen LogP contribution is 2.34. The summed E-state index contributed by atoms with van der Waals surface area (Å²) in [5.41, 5.74) is 3.41. The molecule has 1 heterocycles. The van der Waals surface area contributed by atoms with Crippen molar-refractivity contribution in [2.24, 2.45) is 0 Å². The van der Waals surface area contributed by atoms with Crippen LogP contribution in [0.15, 0.2) is 66.7 Å². The molecule has 1 fully saturated rings. The van der Waals surface area contributed by atoms with Gasteiger partial charge in [0.05, 0.1) is 25.5 Å². The summed E-state index contributed by atoms with van der Waals surface area (Å²) in [4.78, 5) is 28.2. The minimum Gasteiger partial charge on any atom is -0.493 e. The van der Waals surface area contributed by atoms with Gasteiger partial charge in [0.25, 0.3) is 11.8 Å². The standard InChI is InChI=1S/C27H28N2O4/c1-32-24-17-22(27(31)29-15-7-4-8-16-29)23(18-25(24)33-2)28-26(30)21-13-11-20(12-14-21)19-9-5-3-6-10-19/h3,5-6,9-14,17-18H,4,7-8,15-16H2,1-2H3,(H,28,30). The van der Waals surface area contributed by atoms with Gasteiger partial charge in [-0.15, -0.1) is 0 Å². The SMILES string of the molecule is COc1cc(NC(=O)c2ccc(-c3ccccc3)cc2)c(C(=O)N2CCCCC2)cc1OC. The van der Waals surface area contributed by atoms with E-state index in [-0.39, 0.29) is 11.8 Å². The second kappa shape index (κ2) is 10.2. The summed E-state index contributed by atoms with van der Waals surface area (Å²) in [5, 5.41) is 2.91. The monoisotopic (exact) mass is 444 g/mol. The first-order valence-electron chi connectivity index (χ1n) is 11.1. The molecule has 0 unspecified atom stereocenters. The quantitative estimate of drug-likeness (QED) is 0.564. The van der Waals surface area contributed by atoms with E-state index in [0.717, 1.165) is 30.4 Å². The molecule has 1 saturated heterocycles. The molecule has 170 valence electrons. The smallest absolute Gasteiger partial charge is 0.256 e. The molecule has 3 aromatic carbocycles. The number of benzene rings is 3. The Bertz CT molecular complexity index is 1120. The van der Waals surface area contributed by atoms with Crippen LogP contribution in [0, 0.1) is 0 Å². The Hall–Kier alpha value is -3.80. The molecule has 0 bridgehead atoms. The van der Waals surface area contributed by atoms with E-state index in [1.807, 2.05) is 47.4 Å². The van der Waals surface area contributed by atoms with Gasteiger partial charge in [0, 0.05) is 24.7 Å². The van der Waals surface area contributed by atoms with Gasteiger partial charge in [0.1, 0.15) is 0 Å². The number of piperidine rings is 1. The molecule has 0 atom stereocenters. The lowest BCUT2D eigenvalue weighted by Crippen LogP contribution is -2.36. The number of methoxy groups -OCH3 is 2. The number of amides is 2. The summed E-state index contributed by atoms with van der Waals surface area (Å²) >= 11 is 0. The summed E-state index contributed by atoms with van der Waals surface area (Å²) in [6.45, 7) is 1.42. The number of hydrogen-bond acceptors (Lipinski definition) is 4. The van der Waals surface area contributed by atoms with Crippen LogP contribution >= 0.6 is 0 Å². The summed E-state index contributed by atoms with van der Waals surface area (Å²) in [6.07, 6.45) is 3.08. The lowest BCUT2D eigenvalue weighted by atomic mass is 10.0. The van der Waals surface area contributed by atoms with Crippen molar-refractivity contribution in [2.75, 3.05) is 32.6 Å². The fourth-order valence-corrected chi connectivity index (χ4v) is 4.07. The number of anilines is 1. The van der Waals surface area contributed by atoms with Crippen LogP contribution in [0.4, 0.5) is 5.69 Å². The van der Waals surface area contributed by atoms with Crippen molar-refractivity contribution in [3.8, 4) is 22.6 Å². The van der Waals surface area contributed by atoms with Crippen LogP contribution in [-0.4, -0.2) is 44.0 Å². The van der Waals surface area contributed by atoms with E-state index in [9.17, 15) is 9.59 Å². The highest BCUT2D eigenvalue weighted by Gasteiger charge is 2.24. The molecule has 6 nitrogen and oxygen atoms in total. The Morgan fingerprint density at radius 1 is 0.788 bits per heavy atom. The predicted octanol–water partition coefficient (Wildman–Crippen LogP) is 5.25. The van der Waals surface area contributed by atoms with E-state index >= 15 is 0 Å². The highest BCUT2D eigenvalue weighted by atomic mass is 16.5. The van der Waals surface area contributed by atoms with Crippen molar-refractivity contribution in [3.05, 3.63) is 77.9 Å². The van der Waals surface area contributed by atoms with E-state index in [0.29, 0.717) is 41.4 Å². The van der Waals surface area contributed by atoms with Crippen LogP contribution in [0.3, 0.4) is 0 Å². The van der Waals surface area contributed by atoms with Crippen molar-refractivity contribution >= 4 is 17.5 Å². The molecule has 3 aromatic rings.